The second-order valence-electron chi connectivity index (χ2n) is 4.61. The number of hydrogen-bond donors (Lipinski definition) is 0. The lowest BCUT2D eigenvalue weighted by Gasteiger charge is -2.16. The number of carbonyl (C=O) groups excluding carboxylic acids is 1. The van der Waals surface area contributed by atoms with Crippen molar-refractivity contribution < 1.29 is 4.79 Å². The monoisotopic (exact) mass is 218 g/mol. The van der Waals surface area contributed by atoms with E-state index in [0.717, 1.165) is 12.8 Å². The predicted octanol–water partition coefficient (Wildman–Crippen LogP) is 3.97. The van der Waals surface area contributed by atoms with Crippen molar-refractivity contribution >= 4 is 5.78 Å². The maximum Gasteiger partial charge on any atom is 0.142 e. The van der Waals surface area contributed by atoms with Crippen molar-refractivity contribution in [1.29, 1.82) is 0 Å². The summed E-state index contributed by atoms with van der Waals surface area (Å²) in [6.45, 7) is 8.18. The van der Waals surface area contributed by atoms with Gasteiger partial charge in [-0.05, 0) is 24.0 Å². The van der Waals surface area contributed by atoms with E-state index < -0.39 is 0 Å². The van der Waals surface area contributed by atoms with Gasteiger partial charge in [0, 0.05) is 11.8 Å². The van der Waals surface area contributed by atoms with Crippen LogP contribution in [0.3, 0.4) is 0 Å². The lowest BCUT2D eigenvalue weighted by atomic mass is 9.86. The van der Waals surface area contributed by atoms with E-state index >= 15 is 0 Å². The summed E-state index contributed by atoms with van der Waals surface area (Å²) < 4.78 is 0. The zero-order chi connectivity index (χ0) is 12.1. The molecule has 0 aliphatic rings. The average molecular weight is 218 g/mol. The highest BCUT2D eigenvalue weighted by atomic mass is 16.1. The Morgan fingerprint density at radius 1 is 1.12 bits per heavy atom. The highest BCUT2D eigenvalue weighted by Gasteiger charge is 2.20. The van der Waals surface area contributed by atoms with Gasteiger partial charge in [0.05, 0.1) is 0 Å². The van der Waals surface area contributed by atoms with Crippen LogP contribution in [0.15, 0.2) is 24.3 Å². The molecule has 1 nitrogen and oxygen atoms in total. The summed E-state index contributed by atoms with van der Waals surface area (Å²) >= 11 is 0. The van der Waals surface area contributed by atoms with Gasteiger partial charge in [-0.2, -0.15) is 0 Å². The molecule has 0 heterocycles. The molecule has 1 unspecified atom stereocenters. The zero-order valence-electron chi connectivity index (χ0n) is 10.8. The lowest BCUT2D eigenvalue weighted by Crippen LogP contribution is -2.17. The maximum atomic E-state index is 12.0. The Labute approximate surface area is 98.9 Å². The molecule has 0 radical (unpaired) electrons. The van der Waals surface area contributed by atoms with Crippen molar-refractivity contribution in [2.45, 2.75) is 46.5 Å². The van der Waals surface area contributed by atoms with Crippen molar-refractivity contribution in [2.24, 2.45) is 5.92 Å². The van der Waals surface area contributed by atoms with Crippen molar-refractivity contribution in [1.82, 2.24) is 0 Å². The molecule has 0 N–H and O–H groups in total. The number of rotatable bonds is 5. The van der Waals surface area contributed by atoms with Crippen LogP contribution in [0.5, 0.6) is 0 Å². The molecular formula is C15H22O. The van der Waals surface area contributed by atoms with Crippen LogP contribution in [0.4, 0.5) is 0 Å². The fraction of sp³-hybridized carbons (Fsp3) is 0.533. The molecule has 1 aromatic carbocycles. The molecule has 0 spiro atoms. The summed E-state index contributed by atoms with van der Waals surface area (Å²) in [7, 11) is 0. The first-order chi connectivity index (χ1) is 7.60. The summed E-state index contributed by atoms with van der Waals surface area (Å²) in [5.74, 6) is 0.549. The molecule has 0 aliphatic carbocycles. The first-order valence-corrected chi connectivity index (χ1v) is 6.22. The normalized spacial score (nSPS) is 12.8. The average Bonchev–Trinajstić information content (AvgIpc) is 2.30. The first-order valence-electron chi connectivity index (χ1n) is 6.22. The maximum absolute atomic E-state index is 12.0. The molecular weight excluding hydrogens is 196 g/mol. The third-order valence-corrected chi connectivity index (χ3v) is 3.11. The summed E-state index contributed by atoms with van der Waals surface area (Å²) in [5.41, 5.74) is 2.49. The molecule has 88 valence electrons. The van der Waals surface area contributed by atoms with Gasteiger partial charge >= 0.3 is 0 Å². The van der Waals surface area contributed by atoms with Gasteiger partial charge in [-0.15, -0.1) is 0 Å². The zero-order valence-corrected chi connectivity index (χ0v) is 10.8. The number of ketones is 1. The number of hydrogen-bond acceptors (Lipinski definition) is 1. The minimum absolute atomic E-state index is 0.0749. The van der Waals surface area contributed by atoms with Gasteiger partial charge in [0.2, 0.25) is 0 Å². The van der Waals surface area contributed by atoms with Gasteiger partial charge in [0.25, 0.3) is 0 Å². The van der Waals surface area contributed by atoms with Gasteiger partial charge in [0.15, 0.2) is 0 Å². The lowest BCUT2D eigenvalue weighted by molar-refractivity contribution is -0.123. The second-order valence-corrected chi connectivity index (χ2v) is 4.61. The van der Waals surface area contributed by atoms with Crippen LogP contribution in [0.2, 0.25) is 0 Å². The van der Waals surface area contributed by atoms with Crippen molar-refractivity contribution in [3.8, 4) is 0 Å². The highest BCUT2D eigenvalue weighted by molar-refractivity contribution is 5.87. The molecule has 1 heteroatoms. The first kappa shape index (κ1) is 13.0. The highest BCUT2D eigenvalue weighted by Crippen LogP contribution is 2.24. The molecule has 0 amide bonds. The molecule has 1 rings (SSSR count). The third kappa shape index (κ3) is 2.94. The minimum Gasteiger partial charge on any atom is -0.299 e. The predicted molar refractivity (Wildman–Crippen MR) is 68.7 cm³/mol. The number of Topliss-reactive ketones (excluding diaryl/α,β-unsaturated/α-hetero) is 1. The molecule has 0 saturated heterocycles. The minimum atomic E-state index is 0.0749. The Kier molecular flexibility index (Phi) is 4.72. The largest absolute Gasteiger partial charge is 0.299 e. The SMILES string of the molecule is CCc1ccc(C(CC)C(=O)C(C)C)cc1. The van der Waals surface area contributed by atoms with Gasteiger partial charge in [-0.3, -0.25) is 4.79 Å². The Morgan fingerprint density at radius 2 is 1.69 bits per heavy atom. The third-order valence-electron chi connectivity index (χ3n) is 3.11. The summed E-state index contributed by atoms with van der Waals surface area (Å²) in [5, 5.41) is 0. The number of benzene rings is 1. The van der Waals surface area contributed by atoms with Crippen molar-refractivity contribution in [3.05, 3.63) is 35.4 Å². The Balaban J connectivity index is 2.91. The second kappa shape index (κ2) is 5.83. The van der Waals surface area contributed by atoms with Crippen LogP contribution in [0, 0.1) is 5.92 Å². The molecule has 16 heavy (non-hydrogen) atoms. The summed E-state index contributed by atoms with van der Waals surface area (Å²) in [4.78, 5) is 12.0. The molecule has 0 aliphatic heterocycles. The van der Waals surface area contributed by atoms with E-state index in [9.17, 15) is 4.79 Å². The Bertz CT molecular complexity index is 335. The molecule has 0 bridgehead atoms. The van der Waals surface area contributed by atoms with Crippen LogP contribution in [0.1, 0.15) is 51.2 Å². The molecule has 1 aromatic rings. The Hall–Kier alpha value is -1.11. The molecule has 0 aromatic heterocycles. The van der Waals surface area contributed by atoms with Crippen LogP contribution in [0.25, 0.3) is 0 Å². The van der Waals surface area contributed by atoms with Crippen molar-refractivity contribution in [2.75, 3.05) is 0 Å². The van der Waals surface area contributed by atoms with Gasteiger partial charge in [-0.25, -0.2) is 0 Å². The molecule has 0 saturated carbocycles. The number of aryl methyl sites for hydroxylation is 1. The van der Waals surface area contributed by atoms with Crippen LogP contribution in [-0.4, -0.2) is 5.78 Å². The molecule has 0 fully saturated rings. The van der Waals surface area contributed by atoms with Crippen LogP contribution in [-0.2, 0) is 11.2 Å². The smallest absolute Gasteiger partial charge is 0.142 e. The van der Waals surface area contributed by atoms with Gasteiger partial charge in [0.1, 0.15) is 5.78 Å². The van der Waals surface area contributed by atoms with E-state index in [4.69, 9.17) is 0 Å². The molecule has 1 atom stereocenters. The van der Waals surface area contributed by atoms with E-state index in [0.29, 0.717) is 5.78 Å². The Morgan fingerprint density at radius 3 is 2.06 bits per heavy atom. The van der Waals surface area contributed by atoms with Crippen LogP contribution < -0.4 is 0 Å². The van der Waals surface area contributed by atoms with Crippen molar-refractivity contribution in [3.63, 3.8) is 0 Å². The number of carbonyl (C=O) groups is 1. The summed E-state index contributed by atoms with van der Waals surface area (Å²) in [6.07, 6.45) is 1.94. The van der Waals surface area contributed by atoms with E-state index in [2.05, 4.69) is 38.1 Å². The quantitative estimate of drug-likeness (QED) is 0.731. The fourth-order valence-corrected chi connectivity index (χ4v) is 1.99. The van der Waals surface area contributed by atoms with Gasteiger partial charge in [-0.1, -0.05) is 52.0 Å². The van der Waals surface area contributed by atoms with E-state index in [-0.39, 0.29) is 11.8 Å². The van der Waals surface area contributed by atoms with Gasteiger partial charge < -0.3 is 0 Å². The van der Waals surface area contributed by atoms with E-state index in [1.54, 1.807) is 0 Å². The standard InChI is InChI=1S/C15H22O/c1-5-12-7-9-13(10-8-12)14(6-2)15(16)11(3)4/h7-11,14H,5-6H2,1-4H3. The fourth-order valence-electron chi connectivity index (χ4n) is 1.99. The summed E-state index contributed by atoms with van der Waals surface area (Å²) in [6, 6.07) is 8.47. The van der Waals surface area contributed by atoms with E-state index in [1.165, 1.54) is 11.1 Å². The topological polar surface area (TPSA) is 17.1 Å². The van der Waals surface area contributed by atoms with Crippen LogP contribution >= 0.6 is 0 Å². The van der Waals surface area contributed by atoms with E-state index in [1.807, 2.05) is 13.8 Å².